The summed E-state index contributed by atoms with van der Waals surface area (Å²) in [7, 11) is 0. The van der Waals surface area contributed by atoms with Crippen molar-refractivity contribution in [3.05, 3.63) is 35.4 Å². The van der Waals surface area contributed by atoms with E-state index in [9.17, 15) is 9.59 Å². The van der Waals surface area contributed by atoms with E-state index in [-0.39, 0.29) is 46.3 Å². The molecule has 2 saturated heterocycles. The van der Waals surface area contributed by atoms with Crippen LogP contribution in [-0.2, 0) is 9.47 Å². The summed E-state index contributed by atoms with van der Waals surface area (Å²) in [6.45, 7) is 21.8. The number of carbonyl (C=O) groups excluding carboxylic acids is 2. The molecule has 1 aromatic rings. The molecule has 6 nitrogen and oxygen atoms in total. The van der Waals surface area contributed by atoms with Gasteiger partial charge in [-0.2, -0.15) is 0 Å². The SMILES string of the molecule is CC(C)C1(C)CC(OC(=O)c2ccc(C(=O)OC3CC(C)(C)NC(C)(C(C)C)C3)cc2)CC(C)(C)N1. The average Bonchev–Trinajstić information content (AvgIpc) is 2.70. The Morgan fingerprint density at radius 1 is 0.667 bits per heavy atom. The van der Waals surface area contributed by atoms with Crippen LogP contribution in [0.1, 0.15) is 116 Å². The number of piperidine rings is 2. The van der Waals surface area contributed by atoms with Crippen molar-refractivity contribution in [3.63, 3.8) is 0 Å². The minimum atomic E-state index is -0.350. The van der Waals surface area contributed by atoms with Crippen molar-refractivity contribution in [1.29, 1.82) is 0 Å². The van der Waals surface area contributed by atoms with Crippen molar-refractivity contribution >= 4 is 11.9 Å². The predicted molar refractivity (Wildman–Crippen MR) is 144 cm³/mol. The summed E-state index contributed by atoms with van der Waals surface area (Å²) in [6.07, 6.45) is 2.73. The van der Waals surface area contributed by atoms with Crippen LogP contribution in [0.2, 0.25) is 0 Å². The van der Waals surface area contributed by atoms with E-state index < -0.39 is 0 Å². The third-order valence-corrected chi connectivity index (χ3v) is 8.48. The molecule has 0 saturated carbocycles. The Hall–Kier alpha value is -1.92. The fourth-order valence-electron chi connectivity index (χ4n) is 6.09. The van der Waals surface area contributed by atoms with E-state index >= 15 is 0 Å². The van der Waals surface area contributed by atoms with Gasteiger partial charge in [-0.3, -0.25) is 0 Å². The Morgan fingerprint density at radius 3 is 1.25 bits per heavy atom. The molecule has 3 rings (SSSR count). The number of carbonyl (C=O) groups is 2. The minimum absolute atomic E-state index is 0.102. The van der Waals surface area contributed by atoms with Crippen LogP contribution in [0.25, 0.3) is 0 Å². The Labute approximate surface area is 218 Å². The molecular weight excluding hydrogens is 452 g/mol. The third-order valence-electron chi connectivity index (χ3n) is 8.48. The van der Waals surface area contributed by atoms with Gasteiger partial charge in [0.25, 0.3) is 0 Å². The number of hydrogen-bond acceptors (Lipinski definition) is 6. The molecule has 0 aliphatic carbocycles. The van der Waals surface area contributed by atoms with Crippen LogP contribution in [0, 0.1) is 11.8 Å². The number of ether oxygens (including phenoxy) is 2. The highest BCUT2D eigenvalue weighted by Gasteiger charge is 2.45. The molecule has 1 aromatic carbocycles. The molecule has 2 heterocycles. The highest BCUT2D eigenvalue weighted by atomic mass is 16.5. The lowest BCUT2D eigenvalue weighted by Crippen LogP contribution is -2.63. The second kappa shape index (κ2) is 10.1. The monoisotopic (exact) mass is 500 g/mol. The smallest absolute Gasteiger partial charge is 0.338 e. The van der Waals surface area contributed by atoms with Crippen LogP contribution in [0.15, 0.2) is 24.3 Å². The molecule has 0 spiro atoms. The Kier molecular flexibility index (Phi) is 8.03. The van der Waals surface area contributed by atoms with E-state index in [2.05, 4.69) is 79.9 Å². The summed E-state index contributed by atoms with van der Waals surface area (Å²) in [5, 5.41) is 7.47. The van der Waals surface area contributed by atoms with E-state index in [0.29, 0.717) is 23.0 Å². The normalized spacial score (nSPS) is 31.8. The highest BCUT2D eigenvalue weighted by Crippen LogP contribution is 2.36. The van der Waals surface area contributed by atoms with Crippen LogP contribution < -0.4 is 10.6 Å². The molecule has 4 atom stereocenters. The molecule has 0 amide bonds. The Morgan fingerprint density at radius 2 is 0.972 bits per heavy atom. The van der Waals surface area contributed by atoms with Gasteiger partial charge in [0.05, 0.1) is 11.1 Å². The summed E-state index contributed by atoms with van der Waals surface area (Å²) in [5.74, 6) is 0.119. The van der Waals surface area contributed by atoms with Gasteiger partial charge < -0.3 is 20.1 Å². The van der Waals surface area contributed by atoms with Gasteiger partial charge in [-0.25, -0.2) is 9.59 Å². The maximum absolute atomic E-state index is 12.9. The first-order chi connectivity index (χ1) is 16.4. The van der Waals surface area contributed by atoms with E-state index in [1.165, 1.54) is 0 Å². The first-order valence-electron chi connectivity index (χ1n) is 13.5. The topological polar surface area (TPSA) is 76.7 Å². The zero-order chi connectivity index (χ0) is 27.1. The lowest BCUT2D eigenvalue weighted by atomic mass is 9.74. The fourth-order valence-corrected chi connectivity index (χ4v) is 6.09. The van der Waals surface area contributed by atoms with Gasteiger partial charge in [0, 0.05) is 47.8 Å². The Balaban J connectivity index is 1.64. The molecule has 2 fully saturated rings. The van der Waals surface area contributed by atoms with Crippen molar-refractivity contribution in [1.82, 2.24) is 10.6 Å². The molecule has 4 unspecified atom stereocenters. The van der Waals surface area contributed by atoms with E-state index in [0.717, 1.165) is 25.7 Å². The molecule has 2 aliphatic heterocycles. The summed E-state index contributed by atoms with van der Waals surface area (Å²) in [4.78, 5) is 25.9. The van der Waals surface area contributed by atoms with Gasteiger partial charge in [-0.15, -0.1) is 0 Å². The first kappa shape index (κ1) is 28.6. The van der Waals surface area contributed by atoms with Gasteiger partial charge in [0.2, 0.25) is 0 Å². The number of nitrogens with one attached hydrogen (secondary N) is 2. The summed E-state index contributed by atoms with van der Waals surface area (Å²) < 4.78 is 11.9. The molecule has 2 N–H and O–H groups in total. The van der Waals surface area contributed by atoms with Gasteiger partial charge in [0.1, 0.15) is 12.2 Å². The lowest BCUT2D eigenvalue weighted by Gasteiger charge is -2.49. The predicted octanol–water partition coefficient (Wildman–Crippen LogP) is 5.89. The molecular formula is C30H48N2O4. The van der Waals surface area contributed by atoms with Crippen molar-refractivity contribution in [2.45, 2.75) is 129 Å². The van der Waals surface area contributed by atoms with Crippen molar-refractivity contribution in [2.24, 2.45) is 11.8 Å². The second-order valence-corrected chi connectivity index (χ2v) is 13.6. The molecule has 0 bridgehead atoms. The van der Waals surface area contributed by atoms with Crippen LogP contribution in [0.4, 0.5) is 0 Å². The second-order valence-electron chi connectivity index (χ2n) is 13.6. The van der Waals surface area contributed by atoms with Crippen molar-refractivity contribution in [3.8, 4) is 0 Å². The first-order valence-corrected chi connectivity index (χ1v) is 13.5. The van der Waals surface area contributed by atoms with Gasteiger partial charge in [0.15, 0.2) is 0 Å². The third kappa shape index (κ3) is 6.69. The van der Waals surface area contributed by atoms with Gasteiger partial charge in [-0.05, 0) is 77.6 Å². The van der Waals surface area contributed by atoms with E-state index in [1.54, 1.807) is 24.3 Å². The van der Waals surface area contributed by atoms with Crippen LogP contribution in [0.3, 0.4) is 0 Å². The summed E-state index contributed by atoms with van der Waals surface area (Å²) >= 11 is 0. The number of rotatable bonds is 6. The van der Waals surface area contributed by atoms with Crippen LogP contribution >= 0.6 is 0 Å². The maximum Gasteiger partial charge on any atom is 0.338 e. The minimum Gasteiger partial charge on any atom is -0.459 e. The van der Waals surface area contributed by atoms with Crippen molar-refractivity contribution < 1.29 is 19.1 Å². The number of esters is 2. The van der Waals surface area contributed by atoms with Gasteiger partial charge >= 0.3 is 11.9 Å². The standard InChI is InChI=1S/C30H48N2O4/c1-19(2)29(9)17-23(15-27(5,6)31-29)35-25(33)21-11-13-22(14-12-21)26(34)36-24-16-28(7,8)32-30(10,18-24)20(3)4/h11-14,19-20,23-24,31-32H,15-18H2,1-10H3. The van der Waals surface area contributed by atoms with E-state index in [4.69, 9.17) is 9.47 Å². The molecule has 0 radical (unpaired) electrons. The molecule has 202 valence electrons. The fraction of sp³-hybridized carbons (Fsp3) is 0.733. The summed E-state index contributed by atoms with van der Waals surface area (Å²) in [5.41, 5.74) is 0.453. The molecule has 6 heteroatoms. The largest absolute Gasteiger partial charge is 0.459 e. The number of benzene rings is 1. The highest BCUT2D eigenvalue weighted by molar-refractivity contribution is 5.93. The zero-order valence-electron chi connectivity index (χ0n) is 24.1. The zero-order valence-corrected chi connectivity index (χ0v) is 24.1. The van der Waals surface area contributed by atoms with E-state index in [1.807, 2.05) is 0 Å². The molecule has 2 aliphatic rings. The van der Waals surface area contributed by atoms with Crippen LogP contribution in [0.5, 0.6) is 0 Å². The van der Waals surface area contributed by atoms with Crippen LogP contribution in [-0.4, -0.2) is 46.3 Å². The average molecular weight is 501 g/mol. The van der Waals surface area contributed by atoms with Gasteiger partial charge in [-0.1, -0.05) is 27.7 Å². The Bertz CT molecular complexity index is 875. The van der Waals surface area contributed by atoms with Crippen molar-refractivity contribution in [2.75, 3.05) is 0 Å². The quantitative estimate of drug-likeness (QED) is 0.474. The number of hydrogen-bond donors (Lipinski definition) is 2. The molecule has 0 aromatic heterocycles. The lowest BCUT2D eigenvalue weighted by molar-refractivity contribution is -0.0199. The summed E-state index contributed by atoms with van der Waals surface area (Å²) in [6, 6.07) is 6.66. The maximum atomic E-state index is 12.9. The molecule has 36 heavy (non-hydrogen) atoms.